The van der Waals surface area contributed by atoms with Crippen LogP contribution in [0.25, 0.3) is 0 Å². The van der Waals surface area contributed by atoms with Gasteiger partial charge in [-0.25, -0.2) is 0 Å². The molecule has 0 unspecified atom stereocenters. The van der Waals surface area contributed by atoms with Gasteiger partial charge in [0.1, 0.15) is 0 Å². The van der Waals surface area contributed by atoms with Gasteiger partial charge >= 0.3 is 35.5 Å². The largest absolute Gasteiger partial charge is 1.00 e. The van der Waals surface area contributed by atoms with Gasteiger partial charge in [-0.3, -0.25) is 4.79 Å². The molecule has 3 heteroatoms. The molecule has 0 aromatic rings. The summed E-state index contributed by atoms with van der Waals surface area (Å²) in [5.74, 6) is -0.0366. The molecule has 17 heavy (non-hydrogen) atoms. The van der Waals surface area contributed by atoms with Crippen molar-refractivity contribution in [2.24, 2.45) is 0 Å². The van der Waals surface area contributed by atoms with E-state index in [0.29, 0.717) is 13.0 Å². The van der Waals surface area contributed by atoms with Gasteiger partial charge in [-0.2, -0.15) is 0 Å². The first-order valence-corrected chi connectivity index (χ1v) is 6.96. The Hall–Kier alpha value is 0.470. The van der Waals surface area contributed by atoms with Crippen molar-refractivity contribution in [3.8, 4) is 0 Å². The molecule has 0 rings (SSSR count). The van der Waals surface area contributed by atoms with Crippen LogP contribution in [0.5, 0.6) is 0 Å². The van der Waals surface area contributed by atoms with Crippen molar-refractivity contribution >= 4 is 5.97 Å². The minimum atomic E-state index is -0.0366. The topological polar surface area (TPSA) is 26.3 Å². The first kappa shape index (κ1) is 19.8. The third-order valence-electron chi connectivity index (χ3n) is 2.79. The molecule has 0 heterocycles. The SMILES string of the molecule is CCCCCCCCCCCC(=O)OCC.[H-].[Na+]. The number of rotatable bonds is 11. The van der Waals surface area contributed by atoms with Crippen molar-refractivity contribution in [3.63, 3.8) is 0 Å². The van der Waals surface area contributed by atoms with Gasteiger partial charge in [-0.15, -0.1) is 0 Å². The van der Waals surface area contributed by atoms with E-state index in [0.717, 1.165) is 6.42 Å². The summed E-state index contributed by atoms with van der Waals surface area (Å²) in [4.78, 5) is 11.0. The van der Waals surface area contributed by atoms with Crippen LogP contribution in [0.2, 0.25) is 0 Å². The molecule has 2 nitrogen and oxygen atoms in total. The van der Waals surface area contributed by atoms with E-state index in [1.165, 1.54) is 51.4 Å². The number of ether oxygens (including phenoxy) is 1. The zero-order chi connectivity index (χ0) is 12.1. The van der Waals surface area contributed by atoms with Crippen LogP contribution in [0, 0.1) is 0 Å². The van der Waals surface area contributed by atoms with Gasteiger partial charge in [0.05, 0.1) is 6.61 Å². The second-order valence-electron chi connectivity index (χ2n) is 4.38. The molecule has 0 radical (unpaired) electrons. The molecular weight excluding hydrogens is 223 g/mol. The number of carbonyl (C=O) groups is 1. The number of unbranched alkanes of at least 4 members (excludes halogenated alkanes) is 8. The van der Waals surface area contributed by atoms with Crippen molar-refractivity contribution in [2.75, 3.05) is 6.61 Å². The quantitative estimate of drug-likeness (QED) is 0.317. The van der Waals surface area contributed by atoms with Crippen LogP contribution in [-0.2, 0) is 9.53 Å². The Morgan fingerprint density at radius 3 is 1.82 bits per heavy atom. The molecular formula is C14H29NaO2. The van der Waals surface area contributed by atoms with E-state index in [4.69, 9.17) is 4.74 Å². The summed E-state index contributed by atoms with van der Waals surface area (Å²) in [6.07, 6.45) is 12.2. The van der Waals surface area contributed by atoms with Crippen LogP contribution in [0.15, 0.2) is 0 Å². The fraction of sp³-hybridized carbons (Fsp3) is 0.929. The summed E-state index contributed by atoms with van der Waals surface area (Å²) in [6, 6.07) is 0. The van der Waals surface area contributed by atoms with Crippen molar-refractivity contribution in [1.29, 1.82) is 0 Å². The van der Waals surface area contributed by atoms with Crippen molar-refractivity contribution in [1.82, 2.24) is 0 Å². The van der Waals surface area contributed by atoms with E-state index >= 15 is 0 Å². The predicted molar refractivity (Wildman–Crippen MR) is 69.6 cm³/mol. The normalized spacial score (nSPS) is 9.76. The Labute approximate surface area is 131 Å². The van der Waals surface area contributed by atoms with Crippen LogP contribution in [0.3, 0.4) is 0 Å². The average Bonchev–Trinajstić information content (AvgIpc) is 2.27. The standard InChI is InChI=1S/C14H28O2.Na.H/c1-3-5-6-7-8-9-10-11-12-13-14(15)16-4-2;;/h3-13H2,1-2H3;;/q;+1;-1. The first-order chi connectivity index (χ1) is 7.81. The van der Waals surface area contributed by atoms with E-state index in [1.54, 1.807) is 0 Å². The van der Waals surface area contributed by atoms with Crippen molar-refractivity contribution in [3.05, 3.63) is 0 Å². The maximum absolute atomic E-state index is 11.0. The summed E-state index contributed by atoms with van der Waals surface area (Å²) < 4.78 is 4.87. The molecule has 0 amide bonds. The third-order valence-corrected chi connectivity index (χ3v) is 2.79. The molecule has 0 aromatic carbocycles. The Balaban J connectivity index is -0.00000112. The molecule has 0 atom stereocenters. The van der Waals surface area contributed by atoms with Gasteiger partial charge in [-0.05, 0) is 13.3 Å². The van der Waals surface area contributed by atoms with Gasteiger partial charge in [0.25, 0.3) is 0 Å². The van der Waals surface area contributed by atoms with Gasteiger partial charge in [0.15, 0.2) is 0 Å². The molecule has 0 fully saturated rings. The number of hydrogen-bond acceptors (Lipinski definition) is 2. The second-order valence-corrected chi connectivity index (χ2v) is 4.38. The number of carbonyl (C=O) groups excluding carboxylic acids is 1. The molecule has 98 valence electrons. The summed E-state index contributed by atoms with van der Waals surface area (Å²) in [6.45, 7) is 4.61. The fourth-order valence-electron chi connectivity index (χ4n) is 1.81. The molecule has 0 aromatic heterocycles. The van der Waals surface area contributed by atoms with Gasteiger partial charge in [0, 0.05) is 6.42 Å². The van der Waals surface area contributed by atoms with Gasteiger partial charge in [-0.1, -0.05) is 58.3 Å². The minimum absolute atomic E-state index is 0. The molecule has 0 bridgehead atoms. The van der Waals surface area contributed by atoms with Crippen LogP contribution >= 0.6 is 0 Å². The molecule has 0 saturated carbocycles. The predicted octanol–water partition coefficient (Wildman–Crippen LogP) is 1.59. The smallest absolute Gasteiger partial charge is 1.00 e. The van der Waals surface area contributed by atoms with Crippen LogP contribution < -0.4 is 29.6 Å². The average molecular weight is 252 g/mol. The number of esters is 1. The maximum Gasteiger partial charge on any atom is 1.00 e. The maximum atomic E-state index is 11.0. The van der Waals surface area contributed by atoms with Crippen LogP contribution in [0.4, 0.5) is 0 Å². The van der Waals surface area contributed by atoms with Crippen LogP contribution in [0.1, 0.15) is 79.5 Å². The Bertz CT molecular complexity index is 166. The Morgan fingerprint density at radius 1 is 0.882 bits per heavy atom. The molecule has 0 aliphatic carbocycles. The zero-order valence-corrected chi connectivity index (χ0v) is 14.1. The summed E-state index contributed by atoms with van der Waals surface area (Å²) in [5.41, 5.74) is 0. The fourth-order valence-corrected chi connectivity index (χ4v) is 1.81. The third kappa shape index (κ3) is 16.5. The molecule has 0 spiro atoms. The molecule has 0 aliphatic heterocycles. The van der Waals surface area contributed by atoms with E-state index in [2.05, 4.69) is 6.92 Å². The second kappa shape index (κ2) is 16.5. The van der Waals surface area contributed by atoms with E-state index < -0.39 is 0 Å². The van der Waals surface area contributed by atoms with Crippen molar-refractivity contribution in [2.45, 2.75) is 78.1 Å². The Kier molecular flexibility index (Phi) is 19.2. The zero-order valence-electron chi connectivity index (χ0n) is 13.1. The molecule has 0 N–H and O–H groups in total. The Morgan fingerprint density at radius 2 is 1.35 bits per heavy atom. The van der Waals surface area contributed by atoms with Gasteiger partial charge in [0.2, 0.25) is 0 Å². The number of hydrogen-bond donors (Lipinski definition) is 0. The van der Waals surface area contributed by atoms with E-state index in [1.807, 2.05) is 6.92 Å². The minimum Gasteiger partial charge on any atom is -1.00 e. The van der Waals surface area contributed by atoms with E-state index in [-0.39, 0.29) is 37.0 Å². The monoisotopic (exact) mass is 252 g/mol. The summed E-state index contributed by atoms with van der Waals surface area (Å²) >= 11 is 0. The van der Waals surface area contributed by atoms with Gasteiger partial charge < -0.3 is 6.16 Å². The van der Waals surface area contributed by atoms with Crippen molar-refractivity contribution < 1.29 is 40.5 Å². The molecule has 0 saturated heterocycles. The first-order valence-electron chi connectivity index (χ1n) is 6.96. The van der Waals surface area contributed by atoms with Crippen LogP contribution in [-0.4, -0.2) is 12.6 Å². The molecule has 0 aliphatic rings. The summed E-state index contributed by atoms with van der Waals surface area (Å²) in [5, 5.41) is 0. The van der Waals surface area contributed by atoms with E-state index in [9.17, 15) is 4.79 Å². The summed E-state index contributed by atoms with van der Waals surface area (Å²) in [7, 11) is 0.